The maximum atomic E-state index is 13.3. The van der Waals surface area contributed by atoms with Crippen LogP contribution in [-0.2, 0) is 16.1 Å². The van der Waals surface area contributed by atoms with Crippen molar-refractivity contribution in [3.8, 4) is 11.5 Å². The monoisotopic (exact) mass is 556 g/mol. The number of rotatable bonds is 10. The number of anilines is 1. The number of carbonyl (C=O) groups excluding carboxylic acids is 2. The molecular weight excluding hydrogens is 532 g/mol. The molecule has 0 bridgehead atoms. The molecule has 6 nitrogen and oxygen atoms in total. The highest BCUT2D eigenvalue weighted by Gasteiger charge is 2.25. The third-order valence-electron chi connectivity index (χ3n) is 5.86. The van der Waals surface area contributed by atoms with Gasteiger partial charge in [-0.3, -0.25) is 9.59 Å². The van der Waals surface area contributed by atoms with Crippen molar-refractivity contribution in [1.29, 1.82) is 0 Å². The number of nitrogens with one attached hydrogen (secondary N) is 2. The van der Waals surface area contributed by atoms with Crippen LogP contribution in [0, 0.1) is 0 Å². The molecule has 0 aliphatic rings. The van der Waals surface area contributed by atoms with Gasteiger partial charge in [-0.2, -0.15) is 0 Å². The van der Waals surface area contributed by atoms with Gasteiger partial charge >= 0.3 is 0 Å². The summed E-state index contributed by atoms with van der Waals surface area (Å²) in [5.41, 5.74) is 1.52. The average molecular weight is 557 g/mol. The Morgan fingerprint density at radius 1 is 0.795 bits per heavy atom. The normalized spacial score (nSPS) is 11.6. The molecule has 1 unspecified atom stereocenters. The van der Waals surface area contributed by atoms with Crippen molar-refractivity contribution >= 4 is 50.5 Å². The second-order valence-corrected chi connectivity index (χ2v) is 10.1. The summed E-state index contributed by atoms with van der Waals surface area (Å²) in [6.07, 6.45) is 0. The first-order valence-corrected chi connectivity index (χ1v) is 13.5. The Kier molecular flexibility index (Phi) is 8.53. The summed E-state index contributed by atoms with van der Waals surface area (Å²) in [5, 5.41) is 6.84. The van der Waals surface area contributed by atoms with Gasteiger partial charge < -0.3 is 20.1 Å². The topological polar surface area (TPSA) is 76.7 Å². The van der Waals surface area contributed by atoms with Gasteiger partial charge in [0.25, 0.3) is 5.91 Å². The van der Waals surface area contributed by atoms with E-state index in [2.05, 4.69) is 10.6 Å². The second-order valence-electron chi connectivity index (χ2n) is 8.70. The number of hydrogen-bond acceptors (Lipinski definition) is 5. The standard InChI is InChI=1S/C31H25ClN2O4S/c32-28-25-13-7-8-14-27(25)39-29(28)31(36)34-26(20-37-19-21-9-3-1-4-10-21)30(35)33-22-15-17-24(18-16-22)38-23-11-5-2-6-12-23/h1-18,26H,19-20H2,(H,33,35)(H,34,36). The van der Waals surface area contributed by atoms with E-state index >= 15 is 0 Å². The first kappa shape index (κ1) is 26.4. The minimum Gasteiger partial charge on any atom is -0.457 e. The third-order valence-corrected chi connectivity index (χ3v) is 7.53. The zero-order valence-electron chi connectivity index (χ0n) is 20.8. The fourth-order valence-corrected chi connectivity index (χ4v) is 5.32. The minimum absolute atomic E-state index is 0.0236. The summed E-state index contributed by atoms with van der Waals surface area (Å²) in [4.78, 5) is 26.9. The zero-order valence-corrected chi connectivity index (χ0v) is 22.4. The maximum Gasteiger partial charge on any atom is 0.263 e. The predicted molar refractivity (Wildman–Crippen MR) is 156 cm³/mol. The molecule has 0 saturated carbocycles. The van der Waals surface area contributed by atoms with Crippen LogP contribution in [0.5, 0.6) is 11.5 Å². The van der Waals surface area contributed by atoms with Gasteiger partial charge in [0.05, 0.1) is 18.2 Å². The Labute approximate surface area is 235 Å². The lowest BCUT2D eigenvalue weighted by molar-refractivity contribution is -0.119. The Balaban J connectivity index is 1.28. The molecule has 0 aliphatic heterocycles. The van der Waals surface area contributed by atoms with Crippen LogP contribution in [0.1, 0.15) is 15.2 Å². The van der Waals surface area contributed by atoms with Gasteiger partial charge in [0.1, 0.15) is 22.4 Å². The Morgan fingerprint density at radius 2 is 1.44 bits per heavy atom. The van der Waals surface area contributed by atoms with Crippen LogP contribution in [0.2, 0.25) is 5.02 Å². The van der Waals surface area contributed by atoms with Gasteiger partial charge in [-0.05, 0) is 48.0 Å². The number of amides is 2. The molecule has 5 rings (SSSR count). The highest BCUT2D eigenvalue weighted by atomic mass is 35.5. The average Bonchev–Trinajstić information content (AvgIpc) is 3.31. The van der Waals surface area contributed by atoms with Crippen LogP contribution in [-0.4, -0.2) is 24.5 Å². The first-order chi connectivity index (χ1) is 19.1. The predicted octanol–water partition coefficient (Wildman–Crippen LogP) is 7.30. The highest BCUT2D eigenvalue weighted by molar-refractivity contribution is 7.21. The molecule has 2 amide bonds. The van der Waals surface area contributed by atoms with Crippen molar-refractivity contribution in [1.82, 2.24) is 5.32 Å². The van der Waals surface area contributed by atoms with Crippen molar-refractivity contribution in [2.24, 2.45) is 0 Å². The quantitative estimate of drug-likeness (QED) is 0.189. The maximum absolute atomic E-state index is 13.3. The molecule has 39 heavy (non-hydrogen) atoms. The highest BCUT2D eigenvalue weighted by Crippen LogP contribution is 2.35. The van der Waals surface area contributed by atoms with E-state index < -0.39 is 17.9 Å². The van der Waals surface area contributed by atoms with E-state index in [0.717, 1.165) is 15.6 Å². The first-order valence-electron chi connectivity index (χ1n) is 12.3. The SMILES string of the molecule is O=C(NC(COCc1ccccc1)C(=O)Nc1ccc(Oc2ccccc2)cc1)c1sc2ccccc2c1Cl. The lowest BCUT2D eigenvalue weighted by Crippen LogP contribution is -2.46. The van der Waals surface area contributed by atoms with Crippen molar-refractivity contribution in [2.75, 3.05) is 11.9 Å². The summed E-state index contributed by atoms with van der Waals surface area (Å²) in [6, 6.07) is 32.6. The van der Waals surface area contributed by atoms with Crippen molar-refractivity contribution in [3.05, 3.63) is 125 Å². The molecule has 4 aromatic carbocycles. The van der Waals surface area contributed by atoms with Crippen LogP contribution < -0.4 is 15.4 Å². The molecule has 2 N–H and O–H groups in total. The van der Waals surface area contributed by atoms with Crippen LogP contribution in [0.4, 0.5) is 5.69 Å². The van der Waals surface area contributed by atoms with Gasteiger partial charge in [0, 0.05) is 15.8 Å². The van der Waals surface area contributed by atoms with Gasteiger partial charge in [0.2, 0.25) is 5.91 Å². The lowest BCUT2D eigenvalue weighted by atomic mass is 10.2. The molecule has 0 saturated heterocycles. The number of benzene rings is 4. The molecule has 1 aromatic heterocycles. The molecule has 5 aromatic rings. The summed E-state index contributed by atoms with van der Waals surface area (Å²) >= 11 is 7.79. The van der Waals surface area contributed by atoms with Gasteiger partial charge in [0.15, 0.2) is 0 Å². The Hall–Kier alpha value is -4.17. The number of thiophene rings is 1. The van der Waals surface area contributed by atoms with E-state index in [1.807, 2.05) is 84.9 Å². The summed E-state index contributed by atoms with van der Waals surface area (Å²) in [6.45, 7) is 0.278. The molecule has 8 heteroatoms. The van der Waals surface area contributed by atoms with E-state index in [-0.39, 0.29) is 6.61 Å². The molecule has 0 spiro atoms. The number of fused-ring (bicyclic) bond motifs is 1. The number of ether oxygens (including phenoxy) is 2. The molecule has 1 atom stereocenters. The largest absolute Gasteiger partial charge is 0.457 e. The summed E-state index contributed by atoms with van der Waals surface area (Å²) in [5.74, 6) is 0.504. The number of para-hydroxylation sites is 1. The molecule has 0 fully saturated rings. The molecule has 0 aliphatic carbocycles. The van der Waals surface area contributed by atoms with E-state index in [0.29, 0.717) is 33.7 Å². The van der Waals surface area contributed by atoms with Crippen molar-refractivity contribution < 1.29 is 19.1 Å². The van der Waals surface area contributed by atoms with Crippen LogP contribution in [0.3, 0.4) is 0 Å². The van der Waals surface area contributed by atoms with E-state index in [9.17, 15) is 9.59 Å². The summed E-state index contributed by atoms with van der Waals surface area (Å²) in [7, 11) is 0. The minimum atomic E-state index is -0.956. The van der Waals surface area contributed by atoms with Gasteiger partial charge in [-0.15, -0.1) is 11.3 Å². The molecule has 196 valence electrons. The zero-order chi connectivity index (χ0) is 27.0. The van der Waals surface area contributed by atoms with E-state index in [4.69, 9.17) is 21.1 Å². The molecule has 0 radical (unpaired) electrons. The van der Waals surface area contributed by atoms with E-state index in [1.165, 1.54) is 11.3 Å². The van der Waals surface area contributed by atoms with Gasteiger partial charge in [-0.1, -0.05) is 78.3 Å². The van der Waals surface area contributed by atoms with Crippen LogP contribution in [0.25, 0.3) is 10.1 Å². The summed E-state index contributed by atoms with van der Waals surface area (Å²) < 4.78 is 12.5. The van der Waals surface area contributed by atoms with Crippen LogP contribution >= 0.6 is 22.9 Å². The van der Waals surface area contributed by atoms with Gasteiger partial charge in [-0.25, -0.2) is 0 Å². The van der Waals surface area contributed by atoms with Crippen molar-refractivity contribution in [3.63, 3.8) is 0 Å². The lowest BCUT2D eigenvalue weighted by Gasteiger charge is -2.19. The Morgan fingerprint density at radius 3 is 2.15 bits per heavy atom. The fourth-order valence-electron chi connectivity index (χ4n) is 3.90. The number of hydrogen-bond donors (Lipinski definition) is 2. The number of halogens is 1. The van der Waals surface area contributed by atoms with E-state index in [1.54, 1.807) is 24.3 Å². The fraction of sp³-hybridized carbons (Fsp3) is 0.0968. The van der Waals surface area contributed by atoms with Crippen LogP contribution in [0.15, 0.2) is 109 Å². The van der Waals surface area contributed by atoms with Crippen molar-refractivity contribution in [2.45, 2.75) is 12.6 Å². The smallest absolute Gasteiger partial charge is 0.263 e. The molecular formula is C31H25ClN2O4S. The molecule has 1 heterocycles. The second kappa shape index (κ2) is 12.6. The third kappa shape index (κ3) is 6.83. The Bertz CT molecular complexity index is 1560. The number of carbonyl (C=O) groups is 2.